The summed E-state index contributed by atoms with van der Waals surface area (Å²) in [5.74, 6) is -0.395. The first kappa shape index (κ1) is 22.9. The van der Waals surface area contributed by atoms with Crippen LogP contribution in [0.5, 0.6) is 0 Å². The third-order valence-corrected chi connectivity index (χ3v) is 5.58. The Kier molecular flexibility index (Phi) is 6.44. The highest BCUT2D eigenvalue weighted by molar-refractivity contribution is 6.14. The number of hydrazone groups is 1. The Balaban J connectivity index is 1.31. The number of hydrogen-bond acceptors (Lipinski definition) is 7. The minimum absolute atomic E-state index is 0.151. The molecule has 2 amide bonds. The number of para-hydroxylation sites is 1. The molecule has 4 aromatic rings. The van der Waals surface area contributed by atoms with Crippen LogP contribution in [0.1, 0.15) is 34.7 Å². The SMILES string of the molecule is O=C(CN1N=C(c2nc(-c3ccccc3)no2)CCC1=O)Nc1ccccc1C(=O)c1ccccc1. The van der Waals surface area contributed by atoms with Gasteiger partial charge in [0.2, 0.25) is 17.6 Å². The van der Waals surface area contributed by atoms with Crippen LogP contribution in [0.3, 0.4) is 0 Å². The molecule has 0 unspecified atom stereocenters. The van der Waals surface area contributed by atoms with E-state index in [0.29, 0.717) is 34.8 Å². The molecular formula is C27H21N5O4. The van der Waals surface area contributed by atoms with Gasteiger partial charge in [0.15, 0.2) is 5.78 Å². The van der Waals surface area contributed by atoms with E-state index in [9.17, 15) is 14.4 Å². The molecule has 0 atom stereocenters. The van der Waals surface area contributed by atoms with Crippen molar-refractivity contribution in [3.8, 4) is 11.4 Å². The van der Waals surface area contributed by atoms with Crippen molar-refractivity contribution in [3.05, 3.63) is 102 Å². The van der Waals surface area contributed by atoms with Crippen LogP contribution in [-0.2, 0) is 9.59 Å². The molecule has 36 heavy (non-hydrogen) atoms. The van der Waals surface area contributed by atoms with Gasteiger partial charge in [-0.2, -0.15) is 10.1 Å². The van der Waals surface area contributed by atoms with Crippen LogP contribution >= 0.6 is 0 Å². The number of benzene rings is 3. The first-order valence-corrected chi connectivity index (χ1v) is 11.3. The van der Waals surface area contributed by atoms with E-state index >= 15 is 0 Å². The van der Waals surface area contributed by atoms with Crippen molar-refractivity contribution in [1.29, 1.82) is 0 Å². The molecule has 3 aromatic carbocycles. The number of ketones is 1. The molecule has 0 saturated heterocycles. The van der Waals surface area contributed by atoms with Crippen LogP contribution in [0.15, 0.2) is 94.6 Å². The van der Waals surface area contributed by atoms with E-state index < -0.39 is 5.91 Å². The highest BCUT2D eigenvalue weighted by Crippen LogP contribution is 2.21. The van der Waals surface area contributed by atoms with Crippen LogP contribution in [0, 0.1) is 0 Å². The summed E-state index contributed by atoms with van der Waals surface area (Å²) in [5.41, 5.74) is 2.44. The number of nitrogens with one attached hydrogen (secondary N) is 1. The van der Waals surface area contributed by atoms with E-state index in [2.05, 4.69) is 20.6 Å². The van der Waals surface area contributed by atoms with E-state index in [0.717, 1.165) is 10.6 Å². The summed E-state index contributed by atoms with van der Waals surface area (Å²) in [6.45, 7) is -0.324. The zero-order valence-corrected chi connectivity index (χ0v) is 19.1. The number of carbonyl (C=O) groups excluding carboxylic acids is 3. The maximum absolute atomic E-state index is 12.9. The molecule has 1 aliphatic rings. The van der Waals surface area contributed by atoms with Crippen molar-refractivity contribution >= 4 is 29.0 Å². The fourth-order valence-electron chi connectivity index (χ4n) is 3.79. The fraction of sp³-hybridized carbons (Fsp3) is 0.111. The molecule has 1 aliphatic heterocycles. The van der Waals surface area contributed by atoms with Gasteiger partial charge in [-0.15, -0.1) is 0 Å². The second-order valence-electron chi connectivity index (χ2n) is 8.08. The number of nitrogens with zero attached hydrogens (tertiary/aromatic N) is 4. The molecule has 1 N–H and O–H groups in total. The molecular weight excluding hydrogens is 458 g/mol. The summed E-state index contributed by atoms with van der Waals surface area (Å²) in [4.78, 5) is 42.6. The van der Waals surface area contributed by atoms with Crippen LogP contribution in [-0.4, -0.2) is 45.0 Å². The van der Waals surface area contributed by atoms with Crippen molar-refractivity contribution in [1.82, 2.24) is 15.1 Å². The average molecular weight is 479 g/mol. The van der Waals surface area contributed by atoms with E-state index in [-0.39, 0.29) is 30.5 Å². The molecule has 0 spiro atoms. The maximum Gasteiger partial charge on any atom is 0.274 e. The summed E-state index contributed by atoms with van der Waals surface area (Å²) in [7, 11) is 0. The van der Waals surface area contributed by atoms with Crippen molar-refractivity contribution in [2.24, 2.45) is 5.10 Å². The Hall–Kier alpha value is -4.92. The highest BCUT2D eigenvalue weighted by Gasteiger charge is 2.27. The third-order valence-electron chi connectivity index (χ3n) is 5.58. The molecule has 0 saturated carbocycles. The van der Waals surface area contributed by atoms with Gasteiger partial charge in [-0.05, 0) is 12.1 Å². The zero-order chi connectivity index (χ0) is 24.9. The van der Waals surface area contributed by atoms with Gasteiger partial charge >= 0.3 is 0 Å². The Morgan fingerprint density at radius 1 is 0.889 bits per heavy atom. The lowest BCUT2D eigenvalue weighted by Crippen LogP contribution is -2.38. The molecule has 2 heterocycles. The monoisotopic (exact) mass is 479 g/mol. The smallest absolute Gasteiger partial charge is 0.274 e. The molecule has 9 nitrogen and oxygen atoms in total. The zero-order valence-electron chi connectivity index (χ0n) is 19.1. The van der Waals surface area contributed by atoms with Gasteiger partial charge in [-0.1, -0.05) is 78.0 Å². The Bertz CT molecular complexity index is 1450. The number of anilines is 1. The highest BCUT2D eigenvalue weighted by atomic mass is 16.5. The molecule has 1 aromatic heterocycles. The van der Waals surface area contributed by atoms with Crippen molar-refractivity contribution in [2.75, 3.05) is 11.9 Å². The molecule has 178 valence electrons. The number of hydrogen-bond donors (Lipinski definition) is 1. The third kappa shape index (κ3) is 4.95. The molecule has 0 aliphatic carbocycles. The van der Waals surface area contributed by atoms with E-state index in [1.807, 2.05) is 36.4 Å². The predicted molar refractivity (Wildman–Crippen MR) is 132 cm³/mol. The Morgan fingerprint density at radius 3 is 2.36 bits per heavy atom. The van der Waals surface area contributed by atoms with Gasteiger partial charge in [-0.25, -0.2) is 5.01 Å². The largest absolute Gasteiger partial charge is 0.332 e. The van der Waals surface area contributed by atoms with Crippen LogP contribution in [0.2, 0.25) is 0 Å². The van der Waals surface area contributed by atoms with Gasteiger partial charge in [0, 0.05) is 29.5 Å². The first-order chi connectivity index (χ1) is 17.6. The summed E-state index contributed by atoms with van der Waals surface area (Å²) in [6, 6.07) is 24.9. The van der Waals surface area contributed by atoms with E-state index in [1.54, 1.807) is 48.5 Å². The second kappa shape index (κ2) is 10.1. The molecule has 5 rings (SSSR count). The number of amides is 2. The lowest BCUT2D eigenvalue weighted by molar-refractivity contribution is -0.135. The minimum Gasteiger partial charge on any atom is -0.332 e. The number of aromatic nitrogens is 2. The molecule has 0 radical (unpaired) electrons. The van der Waals surface area contributed by atoms with Gasteiger partial charge in [0.1, 0.15) is 12.3 Å². The quantitative estimate of drug-likeness (QED) is 0.401. The van der Waals surface area contributed by atoms with E-state index in [1.165, 1.54) is 0 Å². The standard InChI is InChI=1S/C27H21N5O4/c33-23(28-21-14-8-7-13-20(21)25(35)18-9-3-1-4-10-18)17-32-24(34)16-15-22(30-32)27-29-26(31-36-27)19-11-5-2-6-12-19/h1-14H,15-17H2,(H,28,33). The Labute approximate surface area is 206 Å². The second-order valence-corrected chi connectivity index (χ2v) is 8.08. The van der Waals surface area contributed by atoms with E-state index in [4.69, 9.17) is 4.52 Å². The summed E-state index contributed by atoms with van der Waals surface area (Å²) in [6.07, 6.45) is 0.472. The Morgan fingerprint density at radius 2 is 1.58 bits per heavy atom. The van der Waals surface area contributed by atoms with Gasteiger partial charge in [-0.3, -0.25) is 14.4 Å². The lowest BCUT2D eigenvalue weighted by Gasteiger charge is -2.22. The van der Waals surface area contributed by atoms with Crippen LogP contribution in [0.4, 0.5) is 5.69 Å². The molecule has 0 fully saturated rings. The fourth-order valence-corrected chi connectivity index (χ4v) is 3.79. The predicted octanol–water partition coefficient (Wildman–Crippen LogP) is 3.93. The number of rotatable bonds is 7. The normalized spacial score (nSPS) is 13.3. The molecule has 9 heteroatoms. The van der Waals surface area contributed by atoms with Crippen molar-refractivity contribution in [3.63, 3.8) is 0 Å². The molecule has 0 bridgehead atoms. The number of carbonyl (C=O) groups is 3. The van der Waals surface area contributed by atoms with Gasteiger partial charge in [0.05, 0.1) is 5.69 Å². The average Bonchev–Trinajstić information content (AvgIpc) is 3.41. The maximum atomic E-state index is 12.9. The van der Waals surface area contributed by atoms with Crippen LogP contribution < -0.4 is 5.32 Å². The van der Waals surface area contributed by atoms with Gasteiger partial charge < -0.3 is 9.84 Å². The van der Waals surface area contributed by atoms with Crippen molar-refractivity contribution in [2.45, 2.75) is 12.8 Å². The lowest BCUT2D eigenvalue weighted by atomic mass is 10.0. The van der Waals surface area contributed by atoms with Crippen LogP contribution in [0.25, 0.3) is 11.4 Å². The van der Waals surface area contributed by atoms with Crippen molar-refractivity contribution < 1.29 is 18.9 Å². The minimum atomic E-state index is -0.489. The summed E-state index contributed by atoms with van der Waals surface area (Å²) < 4.78 is 5.36. The first-order valence-electron chi connectivity index (χ1n) is 11.3. The topological polar surface area (TPSA) is 118 Å². The summed E-state index contributed by atoms with van der Waals surface area (Å²) >= 11 is 0. The van der Waals surface area contributed by atoms with Gasteiger partial charge in [0.25, 0.3) is 5.89 Å². The summed E-state index contributed by atoms with van der Waals surface area (Å²) in [5, 5.41) is 12.1.